The van der Waals surface area contributed by atoms with Crippen LogP contribution < -0.4 is 0 Å². The van der Waals surface area contributed by atoms with Gasteiger partial charge in [-0.25, -0.2) is 4.79 Å². The van der Waals surface area contributed by atoms with Crippen molar-refractivity contribution in [3.05, 3.63) is 65.2 Å². The van der Waals surface area contributed by atoms with E-state index in [0.29, 0.717) is 0 Å². The van der Waals surface area contributed by atoms with Gasteiger partial charge in [0.25, 0.3) is 0 Å². The normalized spacial score (nSPS) is 11.3. The molecule has 3 nitrogen and oxygen atoms in total. The van der Waals surface area contributed by atoms with E-state index in [1.165, 1.54) is 0 Å². The fourth-order valence-electron chi connectivity index (χ4n) is 2.07. The van der Waals surface area contributed by atoms with E-state index in [1.54, 1.807) is 24.3 Å². The lowest BCUT2D eigenvalue weighted by molar-refractivity contribution is 0.0697. The van der Waals surface area contributed by atoms with Gasteiger partial charge in [0.15, 0.2) is 0 Å². The Morgan fingerprint density at radius 2 is 1.32 bits per heavy atom. The molecule has 0 aliphatic heterocycles. The quantitative estimate of drug-likeness (QED) is 0.884. The van der Waals surface area contributed by atoms with Crippen molar-refractivity contribution >= 4 is 5.97 Å². The minimum atomic E-state index is -0.922. The van der Waals surface area contributed by atoms with Crippen molar-refractivity contribution in [1.29, 1.82) is 0 Å². The number of hydrogen-bond acceptors (Lipinski definition) is 2. The zero-order valence-corrected chi connectivity index (χ0v) is 10.9. The zero-order chi connectivity index (χ0) is 14.0. The minimum absolute atomic E-state index is 0.237. The monoisotopic (exact) mass is 256 g/mol. The molecule has 0 atom stereocenters. The van der Waals surface area contributed by atoms with E-state index < -0.39 is 5.97 Å². The van der Waals surface area contributed by atoms with Crippen LogP contribution >= 0.6 is 0 Å². The van der Waals surface area contributed by atoms with Crippen LogP contribution in [0.3, 0.4) is 0 Å². The molecule has 3 heteroatoms. The molecule has 0 aliphatic carbocycles. The summed E-state index contributed by atoms with van der Waals surface area (Å²) in [5, 5.41) is 18.2. The molecule has 2 rings (SSSR count). The average Bonchev–Trinajstić information content (AvgIpc) is 2.39. The van der Waals surface area contributed by atoms with Crippen molar-refractivity contribution in [3.8, 4) is 5.75 Å². The van der Waals surface area contributed by atoms with E-state index in [-0.39, 0.29) is 16.7 Å². The first-order valence-electron chi connectivity index (χ1n) is 6.04. The molecule has 0 unspecified atom stereocenters. The molecule has 0 saturated heterocycles. The van der Waals surface area contributed by atoms with E-state index in [9.17, 15) is 9.90 Å². The molecule has 0 aromatic heterocycles. The van der Waals surface area contributed by atoms with Crippen LogP contribution in [0.2, 0.25) is 0 Å². The van der Waals surface area contributed by atoms with Crippen LogP contribution in [-0.4, -0.2) is 16.2 Å². The Kier molecular flexibility index (Phi) is 3.30. The number of benzene rings is 2. The van der Waals surface area contributed by atoms with Crippen molar-refractivity contribution in [2.45, 2.75) is 19.3 Å². The maximum absolute atomic E-state index is 10.8. The maximum atomic E-state index is 10.8. The molecule has 0 amide bonds. The molecule has 0 aliphatic rings. The Hall–Kier alpha value is -2.29. The fraction of sp³-hybridized carbons (Fsp3) is 0.188. The Labute approximate surface area is 112 Å². The highest BCUT2D eigenvalue weighted by Crippen LogP contribution is 2.32. The lowest BCUT2D eigenvalue weighted by atomic mass is 9.78. The van der Waals surface area contributed by atoms with E-state index in [4.69, 9.17) is 5.11 Å². The summed E-state index contributed by atoms with van der Waals surface area (Å²) in [6.45, 7) is 4.13. The van der Waals surface area contributed by atoms with Crippen molar-refractivity contribution < 1.29 is 15.0 Å². The predicted octanol–water partition coefficient (Wildman–Crippen LogP) is 3.42. The van der Waals surface area contributed by atoms with Gasteiger partial charge in [-0.05, 0) is 35.4 Å². The van der Waals surface area contributed by atoms with Gasteiger partial charge in [0.05, 0.1) is 5.56 Å². The Bertz CT molecular complexity index is 580. The third-order valence-electron chi connectivity index (χ3n) is 3.44. The lowest BCUT2D eigenvalue weighted by Gasteiger charge is -2.26. The largest absolute Gasteiger partial charge is 0.508 e. The van der Waals surface area contributed by atoms with Crippen LogP contribution in [0.25, 0.3) is 0 Å². The van der Waals surface area contributed by atoms with Crippen LogP contribution in [0.1, 0.15) is 35.3 Å². The third-order valence-corrected chi connectivity index (χ3v) is 3.44. The smallest absolute Gasteiger partial charge is 0.335 e. The highest BCUT2D eigenvalue weighted by Gasteiger charge is 2.23. The zero-order valence-electron chi connectivity index (χ0n) is 10.9. The molecule has 98 valence electrons. The molecular formula is C16H16O3. The van der Waals surface area contributed by atoms with Gasteiger partial charge in [-0.15, -0.1) is 0 Å². The summed E-state index contributed by atoms with van der Waals surface area (Å²) in [7, 11) is 0. The van der Waals surface area contributed by atoms with Gasteiger partial charge in [0, 0.05) is 5.41 Å². The van der Waals surface area contributed by atoms with Crippen LogP contribution in [-0.2, 0) is 5.41 Å². The van der Waals surface area contributed by atoms with E-state index in [1.807, 2.05) is 24.3 Å². The Morgan fingerprint density at radius 1 is 0.895 bits per heavy atom. The number of hydrogen-bond donors (Lipinski definition) is 2. The molecule has 2 N–H and O–H groups in total. The molecule has 19 heavy (non-hydrogen) atoms. The first-order chi connectivity index (χ1) is 8.91. The molecule has 0 spiro atoms. The standard InChI is InChI=1S/C16H16O3/c1-16(2,13-7-9-14(17)10-8-13)12-5-3-11(4-6-12)15(18)19/h3-10,17H,1-2H3,(H,18,19). The highest BCUT2D eigenvalue weighted by atomic mass is 16.4. The van der Waals surface area contributed by atoms with E-state index >= 15 is 0 Å². The number of phenolic OH excluding ortho intramolecular Hbond substituents is 1. The van der Waals surface area contributed by atoms with E-state index in [0.717, 1.165) is 11.1 Å². The number of carboxylic acid groups (broad SMARTS) is 1. The van der Waals surface area contributed by atoms with Crippen molar-refractivity contribution in [2.75, 3.05) is 0 Å². The SMILES string of the molecule is CC(C)(c1ccc(O)cc1)c1ccc(C(=O)O)cc1. The average molecular weight is 256 g/mol. The van der Waals surface area contributed by atoms with Gasteiger partial charge in [0.1, 0.15) is 5.75 Å². The second-order valence-corrected chi connectivity index (χ2v) is 5.05. The molecule has 2 aromatic rings. The molecule has 0 radical (unpaired) electrons. The van der Waals surface area contributed by atoms with Crippen LogP contribution in [0.15, 0.2) is 48.5 Å². The highest BCUT2D eigenvalue weighted by molar-refractivity contribution is 5.87. The second-order valence-electron chi connectivity index (χ2n) is 5.05. The molecular weight excluding hydrogens is 240 g/mol. The third kappa shape index (κ3) is 2.60. The van der Waals surface area contributed by atoms with Gasteiger partial charge in [-0.2, -0.15) is 0 Å². The molecule has 0 saturated carbocycles. The Morgan fingerprint density at radius 3 is 1.74 bits per heavy atom. The summed E-state index contributed by atoms with van der Waals surface area (Å²) in [5.41, 5.74) is 2.13. The fourth-order valence-corrected chi connectivity index (χ4v) is 2.07. The first-order valence-corrected chi connectivity index (χ1v) is 6.04. The van der Waals surface area contributed by atoms with Gasteiger partial charge in [-0.1, -0.05) is 38.1 Å². The number of carboxylic acids is 1. The van der Waals surface area contributed by atoms with Gasteiger partial charge in [0.2, 0.25) is 0 Å². The summed E-state index contributed by atoms with van der Waals surface area (Å²) in [4.78, 5) is 10.8. The number of carbonyl (C=O) groups is 1. The van der Waals surface area contributed by atoms with Gasteiger partial charge >= 0.3 is 5.97 Å². The molecule has 0 heterocycles. The Balaban J connectivity index is 2.38. The van der Waals surface area contributed by atoms with Crippen LogP contribution in [0.4, 0.5) is 0 Å². The number of aromatic carboxylic acids is 1. The van der Waals surface area contributed by atoms with Crippen molar-refractivity contribution in [2.24, 2.45) is 0 Å². The van der Waals surface area contributed by atoms with Crippen LogP contribution in [0, 0.1) is 0 Å². The van der Waals surface area contributed by atoms with E-state index in [2.05, 4.69) is 13.8 Å². The minimum Gasteiger partial charge on any atom is -0.508 e. The summed E-state index contributed by atoms with van der Waals surface area (Å²) >= 11 is 0. The summed E-state index contributed by atoms with van der Waals surface area (Å²) in [6.07, 6.45) is 0. The lowest BCUT2D eigenvalue weighted by Crippen LogP contribution is -2.18. The predicted molar refractivity (Wildman–Crippen MR) is 73.6 cm³/mol. The molecule has 0 fully saturated rings. The summed E-state index contributed by atoms with van der Waals surface area (Å²) in [5.74, 6) is -0.685. The summed E-state index contributed by atoms with van der Waals surface area (Å²) in [6, 6.07) is 13.9. The molecule has 2 aromatic carbocycles. The van der Waals surface area contributed by atoms with Crippen LogP contribution in [0.5, 0.6) is 5.75 Å². The topological polar surface area (TPSA) is 57.5 Å². The van der Waals surface area contributed by atoms with Gasteiger partial charge < -0.3 is 10.2 Å². The van der Waals surface area contributed by atoms with Crippen molar-refractivity contribution in [3.63, 3.8) is 0 Å². The molecule has 0 bridgehead atoms. The number of aromatic hydroxyl groups is 1. The van der Waals surface area contributed by atoms with Gasteiger partial charge in [-0.3, -0.25) is 0 Å². The van der Waals surface area contributed by atoms with Crippen molar-refractivity contribution in [1.82, 2.24) is 0 Å². The second kappa shape index (κ2) is 4.76. The summed E-state index contributed by atoms with van der Waals surface area (Å²) < 4.78 is 0. The first kappa shape index (κ1) is 13.1. The number of rotatable bonds is 3. The maximum Gasteiger partial charge on any atom is 0.335 e. The number of phenols is 1.